The van der Waals surface area contributed by atoms with Crippen molar-refractivity contribution >= 4 is 36.7 Å². The van der Waals surface area contributed by atoms with Crippen molar-refractivity contribution in [1.82, 2.24) is 9.80 Å². The van der Waals surface area contributed by atoms with E-state index in [0.717, 1.165) is 15.9 Å². The van der Waals surface area contributed by atoms with Crippen LogP contribution < -0.4 is 10.4 Å². The molecule has 0 radical (unpaired) electrons. The van der Waals surface area contributed by atoms with Crippen LogP contribution >= 0.6 is 0 Å². The molecule has 9 heteroatoms. The zero-order valence-corrected chi connectivity index (χ0v) is 32.1. The summed E-state index contributed by atoms with van der Waals surface area (Å²) in [5.74, 6) is -0.868. The fraction of sp³-hybridized carbons (Fsp3) is 0.452. The predicted molar refractivity (Wildman–Crippen MR) is 201 cm³/mol. The molecule has 4 atom stereocenters. The van der Waals surface area contributed by atoms with Crippen molar-refractivity contribution in [3.8, 4) is 0 Å². The van der Waals surface area contributed by atoms with E-state index in [1.165, 1.54) is 7.11 Å². The first-order valence-corrected chi connectivity index (χ1v) is 20.0. The number of hydrogen-bond acceptors (Lipinski definition) is 6. The number of likely N-dealkylation sites (tertiary alicyclic amines) is 2. The average Bonchev–Trinajstić information content (AvgIpc) is 3.44. The van der Waals surface area contributed by atoms with Gasteiger partial charge in [0.2, 0.25) is 5.91 Å². The van der Waals surface area contributed by atoms with E-state index in [-0.39, 0.29) is 17.6 Å². The first-order chi connectivity index (χ1) is 24.2. The number of carbonyl (C=O) groups is 3. The molecular formula is C42H52N2O6Si. The average molecular weight is 709 g/mol. The van der Waals surface area contributed by atoms with Gasteiger partial charge in [0.1, 0.15) is 5.60 Å². The molecule has 3 aliphatic rings. The molecule has 0 saturated carbocycles. The van der Waals surface area contributed by atoms with Crippen LogP contribution in [-0.2, 0) is 30.0 Å². The Balaban J connectivity index is 1.46. The number of nitrogens with zero attached hydrogens (tertiary/aromatic N) is 2. The summed E-state index contributed by atoms with van der Waals surface area (Å²) in [5.41, 5.74) is -0.251. The van der Waals surface area contributed by atoms with Crippen molar-refractivity contribution in [1.29, 1.82) is 0 Å². The highest BCUT2D eigenvalue weighted by Gasteiger charge is 2.67. The number of piperidine rings is 1. The minimum atomic E-state index is -3.00. The van der Waals surface area contributed by atoms with Crippen LogP contribution in [0, 0.1) is 11.3 Å². The molecule has 2 saturated heterocycles. The van der Waals surface area contributed by atoms with Gasteiger partial charge in [0, 0.05) is 24.6 Å². The van der Waals surface area contributed by atoms with Gasteiger partial charge in [-0.15, -0.1) is 0 Å². The minimum absolute atomic E-state index is 0.0383. The van der Waals surface area contributed by atoms with E-state index in [1.807, 2.05) is 74.2 Å². The molecule has 0 aromatic heterocycles. The molecule has 1 aliphatic carbocycles. The van der Waals surface area contributed by atoms with Crippen LogP contribution in [0.3, 0.4) is 0 Å². The summed E-state index contributed by atoms with van der Waals surface area (Å²) in [6.07, 6.45) is 2.68. The molecular weight excluding hydrogens is 657 g/mol. The molecule has 2 fully saturated rings. The molecule has 1 spiro atoms. The van der Waals surface area contributed by atoms with Gasteiger partial charge in [0.05, 0.1) is 31.2 Å². The van der Waals surface area contributed by atoms with Crippen molar-refractivity contribution in [2.24, 2.45) is 11.3 Å². The van der Waals surface area contributed by atoms with E-state index in [0.29, 0.717) is 37.9 Å². The van der Waals surface area contributed by atoms with Gasteiger partial charge >= 0.3 is 12.1 Å². The van der Waals surface area contributed by atoms with Crippen LogP contribution in [0.25, 0.3) is 0 Å². The molecule has 0 unspecified atom stereocenters. The Morgan fingerprint density at radius 1 is 0.863 bits per heavy atom. The van der Waals surface area contributed by atoms with Gasteiger partial charge in [0.25, 0.3) is 8.32 Å². The number of carbonyl (C=O) groups excluding carboxylic acids is 3. The van der Waals surface area contributed by atoms with Gasteiger partial charge in [-0.05, 0) is 61.0 Å². The third kappa shape index (κ3) is 6.66. The first-order valence-electron chi connectivity index (χ1n) is 18.1. The molecule has 2 heterocycles. The topological polar surface area (TPSA) is 85.4 Å². The lowest BCUT2D eigenvalue weighted by molar-refractivity contribution is -0.155. The summed E-state index contributed by atoms with van der Waals surface area (Å²) in [5, 5.41) is 1.98. The second-order valence-corrected chi connectivity index (χ2v) is 20.5. The SMILES string of the molecule is COC(=O)C1=CC[C@@H]2N(C(=O)OC(C)(C)C)[C@@H](CO[Si](c3ccccc3)(c3ccccc3)C(C)(C)C)C[C@@]23C(=O)N(Cc2ccccc2)CC[C@@H]13. The molecule has 51 heavy (non-hydrogen) atoms. The summed E-state index contributed by atoms with van der Waals surface area (Å²) in [6.45, 7) is 13.4. The number of methoxy groups -OCH3 is 1. The zero-order valence-electron chi connectivity index (χ0n) is 31.1. The monoisotopic (exact) mass is 708 g/mol. The highest BCUT2D eigenvalue weighted by Crippen LogP contribution is 2.57. The molecule has 0 bridgehead atoms. The Bertz CT molecular complexity index is 1710. The Labute approximate surface area is 303 Å². The van der Waals surface area contributed by atoms with E-state index in [9.17, 15) is 9.59 Å². The molecule has 6 rings (SSSR count). The summed E-state index contributed by atoms with van der Waals surface area (Å²) in [6, 6.07) is 29.8. The van der Waals surface area contributed by atoms with Crippen LogP contribution in [0.2, 0.25) is 5.04 Å². The third-order valence-electron chi connectivity index (χ3n) is 11.0. The van der Waals surface area contributed by atoms with Crippen molar-refractivity contribution in [3.63, 3.8) is 0 Å². The second kappa shape index (κ2) is 14.1. The molecule has 8 nitrogen and oxygen atoms in total. The second-order valence-electron chi connectivity index (χ2n) is 16.2. The summed E-state index contributed by atoms with van der Waals surface area (Å²) >= 11 is 0. The van der Waals surface area contributed by atoms with Crippen LogP contribution in [0.15, 0.2) is 103 Å². The van der Waals surface area contributed by atoms with E-state index in [2.05, 4.69) is 69.3 Å². The van der Waals surface area contributed by atoms with Gasteiger partial charge in [-0.25, -0.2) is 9.59 Å². The van der Waals surface area contributed by atoms with Crippen molar-refractivity contribution < 1.29 is 28.3 Å². The number of esters is 1. The smallest absolute Gasteiger partial charge is 0.410 e. The number of hydrogen-bond donors (Lipinski definition) is 0. The molecule has 2 amide bonds. The molecule has 3 aromatic carbocycles. The van der Waals surface area contributed by atoms with E-state index in [1.54, 1.807) is 4.90 Å². The quantitative estimate of drug-likeness (QED) is 0.197. The Kier molecular flexibility index (Phi) is 10.1. The maximum absolute atomic E-state index is 15.2. The highest BCUT2D eigenvalue weighted by atomic mass is 28.4. The Morgan fingerprint density at radius 2 is 1.43 bits per heavy atom. The van der Waals surface area contributed by atoms with E-state index < -0.39 is 49.4 Å². The molecule has 0 N–H and O–H groups in total. The highest BCUT2D eigenvalue weighted by molar-refractivity contribution is 6.99. The molecule has 3 aromatic rings. The van der Waals surface area contributed by atoms with Crippen molar-refractivity contribution in [2.75, 3.05) is 20.3 Å². The maximum Gasteiger partial charge on any atom is 0.410 e. The zero-order chi connectivity index (χ0) is 36.6. The lowest BCUT2D eigenvalue weighted by Crippen LogP contribution is -2.67. The van der Waals surface area contributed by atoms with E-state index in [4.69, 9.17) is 13.9 Å². The van der Waals surface area contributed by atoms with E-state index >= 15 is 4.79 Å². The van der Waals surface area contributed by atoms with Gasteiger partial charge in [0.15, 0.2) is 0 Å². The van der Waals surface area contributed by atoms with Crippen LogP contribution in [-0.4, -0.2) is 74.0 Å². The van der Waals surface area contributed by atoms with Gasteiger partial charge in [-0.2, -0.15) is 0 Å². The Morgan fingerprint density at radius 3 is 1.96 bits per heavy atom. The lowest BCUT2D eigenvalue weighted by Gasteiger charge is -2.51. The number of amides is 2. The normalized spacial score (nSPS) is 23.6. The largest absolute Gasteiger partial charge is 0.466 e. The minimum Gasteiger partial charge on any atom is -0.466 e. The fourth-order valence-corrected chi connectivity index (χ4v) is 13.6. The fourth-order valence-electron chi connectivity index (χ4n) is 8.97. The number of rotatable bonds is 8. The standard InChI is InChI=1S/C42H52N2O6Si/c1-40(2,3)50-39(47)44-31(29-49-51(41(4,5)6,32-19-13-9-14-20-32)33-21-15-10-16-22-33)27-42-35(34(37(45)48-7)23-24-36(42)44)25-26-43(38(42)46)28-30-17-11-8-12-18-30/h8-23,31,35-36H,24-29H2,1-7H3/t31-,35+,36+,42+/m1/s1. The molecule has 270 valence electrons. The Hall–Kier alpha value is -4.21. The van der Waals surface area contributed by atoms with Gasteiger partial charge < -0.3 is 18.8 Å². The number of benzene rings is 3. The summed E-state index contributed by atoms with van der Waals surface area (Å²) in [7, 11) is -1.62. The van der Waals surface area contributed by atoms with Crippen molar-refractivity contribution in [2.45, 2.75) is 90.1 Å². The summed E-state index contributed by atoms with van der Waals surface area (Å²) < 4.78 is 18.8. The number of ether oxygens (including phenoxy) is 2. The van der Waals surface area contributed by atoms with Crippen LogP contribution in [0.5, 0.6) is 0 Å². The van der Waals surface area contributed by atoms with Gasteiger partial charge in [-0.3, -0.25) is 9.69 Å². The van der Waals surface area contributed by atoms with Gasteiger partial charge in [-0.1, -0.05) is 118 Å². The lowest BCUT2D eigenvalue weighted by atomic mass is 9.59. The predicted octanol–water partition coefficient (Wildman–Crippen LogP) is 6.48. The van der Waals surface area contributed by atoms with Crippen molar-refractivity contribution in [3.05, 3.63) is 108 Å². The molecule has 2 aliphatic heterocycles. The maximum atomic E-state index is 15.2. The summed E-state index contributed by atoms with van der Waals surface area (Å²) in [4.78, 5) is 46.6. The third-order valence-corrected chi connectivity index (χ3v) is 16.0. The van der Waals surface area contributed by atoms with Crippen LogP contribution in [0.4, 0.5) is 4.79 Å². The van der Waals surface area contributed by atoms with Crippen LogP contribution in [0.1, 0.15) is 66.4 Å². The first kappa shape index (κ1) is 36.6.